The summed E-state index contributed by atoms with van der Waals surface area (Å²) in [4.78, 5) is 11.5. The van der Waals surface area contributed by atoms with Crippen molar-refractivity contribution in [3.05, 3.63) is 95.1 Å². The fourth-order valence-corrected chi connectivity index (χ4v) is 3.42. The van der Waals surface area contributed by atoms with E-state index in [1.165, 1.54) is 22.3 Å². The van der Waals surface area contributed by atoms with E-state index >= 15 is 0 Å². The Labute approximate surface area is 173 Å². The Hall–Kier alpha value is -3.33. The molecule has 148 valence electrons. The van der Waals surface area contributed by atoms with E-state index in [4.69, 9.17) is 4.74 Å². The molecule has 0 saturated carbocycles. The molecule has 0 aromatic heterocycles. The topological polar surface area (TPSA) is 38.3 Å². The minimum Gasteiger partial charge on any atom is -0.489 e. The monoisotopic (exact) mass is 385 g/mol. The molecule has 0 saturated heterocycles. The molecule has 3 nitrogen and oxygen atoms in total. The van der Waals surface area contributed by atoms with E-state index in [-0.39, 0.29) is 5.91 Å². The fraction of sp³-hybridized carbons (Fsp3) is 0.192. The maximum Gasteiger partial charge on any atom is 0.244 e. The van der Waals surface area contributed by atoms with Crippen LogP contribution < -0.4 is 10.1 Å². The maximum atomic E-state index is 11.5. The first-order chi connectivity index (χ1) is 14.0. The van der Waals surface area contributed by atoms with Gasteiger partial charge in [-0.3, -0.25) is 4.79 Å². The van der Waals surface area contributed by atoms with Gasteiger partial charge in [0.05, 0.1) is 0 Å². The number of carbonyl (C=O) groups excluding carboxylic acids is 1. The predicted octanol–water partition coefficient (Wildman–Crippen LogP) is 5.70. The van der Waals surface area contributed by atoms with Crippen molar-refractivity contribution in [1.29, 1.82) is 0 Å². The summed E-state index contributed by atoms with van der Waals surface area (Å²) >= 11 is 0. The standard InChI is InChI=1S/C26H27NO2/c1-18-7-5-8-19(2)26(18)23-10-6-9-21(16-23)17-29-24-13-11-22(12-14-24)20(3)15-25(28)27-4/h5-16H,17H2,1-4H3,(H,27,28)/b20-15+. The van der Waals surface area contributed by atoms with Crippen LogP contribution in [0.4, 0.5) is 0 Å². The third-order valence-corrected chi connectivity index (χ3v) is 5.01. The molecule has 1 amide bonds. The molecule has 0 bridgehead atoms. The molecule has 3 heteroatoms. The molecule has 0 aliphatic heterocycles. The number of aryl methyl sites for hydroxylation is 2. The average Bonchev–Trinajstić information content (AvgIpc) is 2.72. The van der Waals surface area contributed by atoms with Gasteiger partial charge in [-0.1, -0.05) is 48.5 Å². The Bertz CT molecular complexity index is 1010. The van der Waals surface area contributed by atoms with Crippen molar-refractivity contribution in [2.75, 3.05) is 7.05 Å². The molecule has 0 unspecified atom stereocenters. The average molecular weight is 386 g/mol. The molecule has 0 spiro atoms. The SMILES string of the molecule is CNC(=O)/C=C(\C)c1ccc(OCc2cccc(-c3c(C)cccc3C)c2)cc1. The summed E-state index contributed by atoms with van der Waals surface area (Å²) in [6.07, 6.45) is 1.59. The van der Waals surface area contributed by atoms with E-state index in [1.54, 1.807) is 13.1 Å². The molecular weight excluding hydrogens is 358 g/mol. The highest BCUT2D eigenvalue weighted by Crippen LogP contribution is 2.28. The number of allylic oxidation sites excluding steroid dienone is 1. The number of rotatable bonds is 6. The van der Waals surface area contributed by atoms with E-state index in [9.17, 15) is 4.79 Å². The second kappa shape index (κ2) is 9.24. The molecular formula is C26H27NO2. The highest BCUT2D eigenvalue weighted by molar-refractivity contribution is 5.94. The van der Waals surface area contributed by atoms with Crippen LogP contribution in [0, 0.1) is 13.8 Å². The zero-order valence-corrected chi connectivity index (χ0v) is 17.5. The molecule has 1 N–H and O–H groups in total. The number of likely N-dealkylation sites (N-methyl/N-ethyl adjacent to an activating group) is 1. The van der Waals surface area contributed by atoms with Gasteiger partial charge in [-0.2, -0.15) is 0 Å². The van der Waals surface area contributed by atoms with Crippen molar-refractivity contribution in [1.82, 2.24) is 5.32 Å². The first kappa shape index (κ1) is 20.4. The van der Waals surface area contributed by atoms with Gasteiger partial charge in [-0.15, -0.1) is 0 Å². The summed E-state index contributed by atoms with van der Waals surface area (Å²) in [5.74, 6) is 0.700. The summed E-state index contributed by atoms with van der Waals surface area (Å²) in [5, 5.41) is 2.60. The van der Waals surface area contributed by atoms with Crippen LogP contribution in [-0.4, -0.2) is 13.0 Å². The first-order valence-corrected chi connectivity index (χ1v) is 9.76. The smallest absolute Gasteiger partial charge is 0.244 e. The number of hydrogen-bond donors (Lipinski definition) is 1. The fourth-order valence-electron chi connectivity index (χ4n) is 3.42. The summed E-state index contributed by atoms with van der Waals surface area (Å²) in [6, 6.07) is 22.7. The van der Waals surface area contributed by atoms with Crippen LogP contribution in [0.2, 0.25) is 0 Å². The quantitative estimate of drug-likeness (QED) is 0.553. The van der Waals surface area contributed by atoms with Crippen LogP contribution in [0.1, 0.15) is 29.2 Å². The summed E-state index contributed by atoms with van der Waals surface area (Å²) in [6.45, 7) is 6.72. The zero-order chi connectivity index (χ0) is 20.8. The minimum absolute atomic E-state index is 0.105. The molecule has 0 fully saturated rings. The van der Waals surface area contributed by atoms with E-state index in [2.05, 4.69) is 61.6 Å². The number of hydrogen-bond acceptors (Lipinski definition) is 2. The van der Waals surface area contributed by atoms with Crippen LogP contribution in [0.5, 0.6) is 5.75 Å². The normalized spacial score (nSPS) is 11.2. The van der Waals surface area contributed by atoms with E-state index in [0.29, 0.717) is 6.61 Å². The third-order valence-electron chi connectivity index (χ3n) is 5.01. The Morgan fingerprint density at radius 3 is 2.28 bits per heavy atom. The highest BCUT2D eigenvalue weighted by atomic mass is 16.5. The molecule has 0 aliphatic carbocycles. The van der Waals surface area contributed by atoms with Gasteiger partial charge in [-0.25, -0.2) is 0 Å². The van der Waals surface area contributed by atoms with Crippen molar-refractivity contribution in [2.45, 2.75) is 27.4 Å². The Morgan fingerprint density at radius 1 is 0.966 bits per heavy atom. The van der Waals surface area contributed by atoms with Gasteiger partial charge in [0.25, 0.3) is 0 Å². The predicted molar refractivity (Wildman–Crippen MR) is 120 cm³/mol. The van der Waals surface area contributed by atoms with Gasteiger partial charge in [0.2, 0.25) is 5.91 Å². The molecule has 3 rings (SSSR count). The van der Waals surface area contributed by atoms with Gasteiger partial charge in [0.15, 0.2) is 0 Å². The molecule has 0 radical (unpaired) electrons. The second-order valence-corrected chi connectivity index (χ2v) is 7.22. The summed E-state index contributed by atoms with van der Waals surface area (Å²) in [7, 11) is 1.62. The van der Waals surface area contributed by atoms with Crippen LogP contribution in [-0.2, 0) is 11.4 Å². The third kappa shape index (κ3) is 5.14. The lowest BCUT2D eigenvalue weighted by molar-refractivity contribution is -0.116. The number of nitrogens with one attached hydrogen (secondary N) is 1. The van der Waals surface area contributed by atoms with E-state index < -0.39 is 0 Å². The lowest BCUT2D eigenvalue weighted by Crippen LogP contribution is -2.14. The second-order valence-electron chi connectivity index (χ2n) is 7.22. The van der Waals surface area contributed by atoms with Crippen molar-refractivity contribution in [3.8, 4) is 16.9 Å². The highest BCUT2D eigenvalue weighted by Gasteiger charge is 2.07. The summed E-state index contributed by atoms with van der Waals surface area (Å²) in [5.41, 5.74) is 8.10. The van der Waals surface area contributed by atoms with Gasteiger partial charge >= 0.3 is 0 Å². The number of carbonyl (C=O) groups is 1. The lowest BCUT2D eigenvalue weighted by Gasteiger charge is -2.12. The van der Waals surface area contributed by atoms with Crippen molar-refractivity contribution in [2.24, 2.45) is 0 Å². The van der Waals surface area contributed by atoms with Gasteiger partial charge in [-0.05, 0) is 77.9 Å². The van der Waals surface area contributed by atoms with Crippen molar-refractivity contribution < 1.29 is 9.53 Å². The first-order valence-electron chi connectivity index (χ1n) is 9.76. The Morgan fingerprint density at radius 2 is 1.62 bits per heavy atom. The van der Waals surface area contributed by atoms with E-state index in [1.807, 2.05) is 31.2 Å². The minimum atomic E-state index is -0.105. The zero-order valence-electron chi connectivity index (χ0n) is 17.5. The van der Waals surface area contributed by atoms with Gasteiger partial charge < -0.3 is 10.1 Å². The largest absolute Gasteiger partial charge is 0.489 e. The lowest BCUT2D eigenvalue weighted by atomic mass is 9.95. The maximum absolute atomic E-state index is 11.5. The van der Waals surface area contributed by atoms with E-state index in [0.717, 1.165) is 22.4 Å². The Balaban J connectivity index is 1.71. The van der Waals surface area contributed by atoms with Crippen LogP contribution in [0.3, 0.4) is 0 Å². The number of amides is 1. The molecule has 3 aromatic carbocycles. The van der Waals surface area contributed by atoms with Crippen LogP contribution >= 0.6 is 0 Å². The van der Waals surface area contributed by atoms with Crippen molar-refractivity contribution in [3.63, 3.8) is 0 Å². The van der Waals surface area contributed by atoms with Crippen LogP contribution in [0.15, 0.2) is 72.8 Å². The summed E-state index contributed by atoms with van der Waals surface area (Å²) < 4.78 is 5.98. The van der Waals surface area contributed by atoms with Crippen LogP contribution in [0.25, 0.3) is 16.7 Å². The van der Waals surface area contributed by atoms with Crippen molar-refractivity contribution >= 4 is 11.5 Å². The molecule has 0 atom stereocenters. The van der Waals surface area contributed by atoms with Gasteiger partial charge in [0.1, 0.15) is 12.4 Å². The number of ether oxygens (including phenoxy) is 1. The molecule has 3 aromatic rings. The Kier molecular flexibility index (Phi) is 6.50. The molecule has 0 heterocycles. The van der Waals surface area contributed by atoms with Gasteiger partial charge in [0, 0.05) is 13.1 Å². The number of benzene rings is 3. The molecule has 0 aliphatic rings. The molecule has 29 heavy (non-hydrogen) atoms.